The van der Waals surface area contributed by atoms with Crippen LogP contribution in [-0.2, 0) is 0 Å². The molecule has 0 aromatic carbocycles. The van der Waals surface area contributed by atoms with Crippen LogP contribution in [0.1, 0.15) is 20.3 Å². The predicted molar refractivity (Wildman–Crippen MR) is 47.2 cm³/mol. The van der Waals surface area contributed by atoms with Gasteiger partial charge in [0.1, 0.15) is 0 Å². The van der Waals surface area contributed by atoms with Crippen molar-refractivity contribution in [3.05, 3.63) is 24.3 Å². The summed E-state index contributed by atoms with van der Waals surface area (Å²) in [5.41, 5.74) is 1.07. The third-order valence-electron chi connectivity index (χ3n) is 2.27. The van der Waals surface area contributed by atoms with E-state index >= 15 is 0 Å². The summed E-state index contributed by atoms with van der Waals surface area (Å²) in [7, 11) is 0. The third kappa shape index (κ3) is 1.72. The van der Waals surface area contributed by atoms with Gasteiger partial charge in [-0.2, -0.15) is 0 Å². The van der Waals surface area contributed by atoms with Gasteiger partial charge in [0, 0.05) is 5.92 Å². The Morgan fingerprint density at radius 1 is 1.64 bits per heavy atom. The van der Waals surface area contributed by atoms with Crippen LogP contribution in [-0.4, -0.2) is 11.2 Å². The lowest BCUT2D eigenvalue weighted by atomic mass is 9.80. The summed E-state index contributed by atoms with van der Waals surface area (Å²) in [5.74, 6) is 0.752. The molecule has 0 radical (unpaired) electrons. The SMILES string of the molecule is C=C1C=CCC(O)C1C(C)C. The first-order chi connectivity index (χ1) is 5.13. The van der Waals surface area contributed by atoms with Crippen LogP contribution in [0, 0.1) is 11.8 Å². The highest BCUT2D eigenvalue weighted by Crippen LogP contribution is 2.29. The van der Waals surface area contributed by atoms with E-state index in [4.69, 9.17) is 0 Å². The zero-order valence-corrected chi connectivity index (χ0v) is 7.25. The molecule has 1 heteroatoms. The third-order valence-corrected chi connectivity index (χ3v) is 2.27. The van der Waals surface area contributed by atoms with E-state index in [1.54, 1.807) is 0 Å². The van der Waals surface area contributed by atoms with Crippen molar-refractivity contribution in [2.24, 2.45) is 11.8 Å². The molecule has 0 aromatic heterocycles. The fourth-order valence-electron chi connectivity index (χ4n) is 1.74. The maximum atomic E-state index is 9.60. The molecule has 0 spiro atoms. The van der Waals surface area contributed by atoms with Gasteiger partial charge < -0.3 is 5.11 Å². The van der Waals surface area contributed by atoms with Crippen molar-refractivity contribution in [2.75, 3.05) is 0 Å². The van der Waals surface area contributed by atoms with Gasteiger partial charge in [0.25, 0.3) is 0 Å². The highest BCUT2D eigenvalue weighted by Gasteiger charge is 2.25. The van der Waals surface area contributed by atoms with E-state index in [-0.39, 0.29) is 12.0 Å². The van der Waals surface area contributed by atoms with Gasteiger partial charge in [0.05, 0.1) is 6.10 Å². The van der Waals surface area contributed by atoms with Gasteiger partial charge in [-0.15, -0.1) is 0 Å². The highest BCUT2D eigenvalue weighted by atomic mass is 16.3. The molecule has 1 aliphatic carbocycles. The Bertz CT molecular complexity index is 179. The van der Waals surface area contributed by atoms with E-state index in [9.17, 15) is 5.11 Å². The van der Waals surface area contributed by atoms with E-state index in [0.717, 1.165) is 12.0 Å². The van der Waals surface area contributed by atoms with Crippen molar-refractivity contribution < 1.29 is 5.11 Å². The van der Waals surface area contributed by atoms with Crippen molar-refractivity contribution >= 4 is 0 Å². The summed E-state index contributed by atoms with van der Waals surface area (Å²) >= 11 is 0. The maximum Gasteiger partial charge on any atom is 0.0645 e. The number of allylic oxidation sites excluding steroid dienone is 1. The lowest BCUT2D eigenvalue weighted by molar-refractivity contribution is 0.102. The molecule has 0 aliphatic heterocycles. The van der Waals surface area contributed by atoms with Gasteiger partial charge in [-0.05, 0) is 17.9 Å². The number of hydrogen-bond donors (Lipinski definition) is 1. The van der Waals surface area contributed by atoms with Gasteiger partial charge >= 0.3 is 0 Å². The van der Waals surface area contributed by atoms with Crippen molar-refractivity contribution in [3.8, 4) is 0 Å². The van der Waals surface area contributed by atoms with Gasteiger partial charge in [0.15, 0.2) is 0 Å². The zero-order valence-electron chi connectivity index (χ0n) is 7.25. The molecule has 2 unspecified atom stereocenters. The van der Waals surface area contributed by atoms with Crippen LogP contribution in [0.5, 0.6) is 0 Å². The molecule has 62 valence electrons. The molecule has 1 nitrogen and oxygen atoms in total. The minimum atomic E-state index is -0.215. The Hall–Kier alpha value is -0.560. The van der Waals surface area contributed by atoms with Gasteiger partial charge in [0.2, 0.25) is 0 Å². The van der Waals surface area contributed by atoms with Crippen LogP contribution in [0.15, 0.2) is 24.3 Å². The van der Waals surface area contributed by atoms with Crippen molar-refractivity contribution in [1.29, 1.82) is 0 Å². The molecule has 1 N–H and O–H groups in total. The van der Waals surface area contributed by atoms with Crippen LogP contribution in [0.4, 0.5) is 0 Å². The molecule has 0 saturated carbocycles. The maximum absolute atomic E-state index is 9.60. The lowest BCUT2D eigenvalue weighted by Gasteiger charge is -2.29. The second-order valence-electron chi connectivity index (χ2n) is 3.55. The minimum Gasteiger partial charge on any atom is -0.392 e. The Balaban J connectivity index is 2.75. The van der Waals surface area contributed by atoms with Crippen LogP contribution in [0.2, 0.25) is 0 Å². The lowest BCUT2D eigenvalue weighted by Crippen LogP contribution is -2.27. The quantitative estimate of drug-likeness (QED) is 0.610. The van der Waals surface area contributed by atoms with Crippen LogP contribution in [0.25, 0.3) is 0 Å². The number of aliphatic hydroxyl groups excluding tert-OH is 1. The first-order valence-electron chi connectivity index (χ1n) is 4.16. The molecule has 1 rings (SSSR count). The summed E-state index contributed by atoms with van der Waals surface area (Å²) in [4.78, 5) is 0. The Morgan fingerprint density at radius 2 is 2.27 bits per heavy atom. The average molecular weight is 152 g/mol. The molecule has 1 aliphatic rings. The molecular weight excluding hydrogens is 136 g/mol. The van der Waals surface area contributed by atoms with E-state index < -0.39 is 0 Å². The zero-order chi connectivity index (χ0) is 8.43. The van der Waals surface area contributed by atoms with Crippen molar-refractivity contribution in [1.82, 2.24) is 0 Å². The monoisotopic (exact) mass is 152 g/mol. The average Bonchev–Trinajstić information content (AvgIpc) is 1.85. The molecular formula is C10H16O. The molecule has 0 fully saturated rings. The van der Waals surface area contributed by atoms with E-state index in [1.807, 2.05) is 12.2 Å². The summed E-state index contributed by atoms with van der Waals surface area (Å²) in [6.07, 6.45) is 4.58. The fourth-order valence-corrected chi connectivity index (χ4v) is 1.74. The Morgan fingerprint density at radius 3 is 2.64 bits per heavy atom. The summed E-state index contributed by atoms with van der Waals surface area (Å²) in [5, 5.41) is 9.60. The minimum absolute atomic E-state index is 0.215. The summed E-state index contributed by atoms with van der Waals surface area (Å²) in [6.45, 7) is 8.17. The predicted octanol–water partition coefficient (Wildman–Crippen LogP) is 2.14. The fraction of sp³-hybridized carbons (Fsp3) is 0.600. The van der Waals surface area contributed by atoms with Crippen LogP contribution in [0.3, 0.4) is 0 Å². The van der Waals surface area contributed by atoms with Crippen LogP contribution >= 0.6 is 0 Å². The Kier molecular flexibility index (Phi) is 2.50. The van der Waals surface area contributed by atoms with E-state index in [2.05, 4.69) is 20.4 Å². The number of aliphatic hydroxyl groups is 1. The second kappa shape index (κ2) is 3.22. The molecule has 0 aromatic rings. The summed E-state index contributed by atoms with van der Waals surface area (Å²) < 4.78 is 0. The van der Waals surface area contributed by atoms with E-state index in [1.165, 1.54) is 0 Å². The molecule has 0 saturated heterocycles. The number of rotatable bonds is 1. The molecule has 0 heterocycles. The molecule has 11 heavy (non-hydrogen) atoms. The highest BCUT2D eigenvalue weighted by molar-refractivity contribution is 5.23. The van der Waals surface area contributed by atoms with E-state index in [0.29, 0.717) is 5.92 Å². The summed E-state index contributed by atoms with van der Waals surface area (Å²) in [6, 6.07) is 0. The van der Waals surface area contributed by atoms with Gasteiger partial charge in [-0.3, -0.25) is 0 Å². The topological polar surface area (TPSA) is 20.2 Å². The largest absolute Gasteiger partial charge is 0.392 e. The van der Waals surface area contributed by atoms with Crippen LogP contribution < -0.4 is 0 Å². The smallest absolute Gasteiger partial charge is 0.0645 e. The van der Waals surface area contributed by atoms with Crippen molar-refractivity contribution in [3.63, 3.8) is 0 Å². The molecule has 0 bridgehead atoms. The second-order valence-corrected chi connectivity index (χ2v) is 3.55. The van der Waals surface area contributed by atoms with Gasteiger partial charge in [-0.1, -0.05) is 32.6 Å². The van der Waals surface area contributed by atoms with Gasteiger partial charge in [-0.25, -0.2) is 0 Å². The molecule has 0 amide bonds. The Labute approximate surface area is 68.4 Å². The number of hydrogen-bond acceptors (Lipinski definition) is 1. The normalized spacial score (nSPS) is 31.5. The standard InChI is InChI=1S/C10H16O/c1-7(2)10-8(3)5-4-6-9(10)11/h4-5,7,9-11H,3,6H2,1-2H3. The first kappa shape index (κ1) is 8.54. The molecule has 2 atom stereocenters. The first-order valence-corrected chi connectivity index (χ1v) is 4.16. The van der Waals surface area contributed by atoms with Crippen molar-refractivity contribution in [2.45, 2.75) is 26.4 Å².